The quantitative estimate of drug-likeness (QED) is 0.321. The number of carbonyl (C=O) groups is 3. The van der Waals surface area contributed by atoms with Gasteiger partial charge in [-0.2, -0.15) is 0 Å². The number of anilines is 1. The Labute approximate surface area is 175 Å². The summed E-state index contributed by atoms with van der Waals surface area (Å²) < 4.78 is 6.15. The number of ether oxygens (including phenoxy) is 1. The molecule has 3 aromatic carbocycles. The molecule has 0 saturated carbocycles. The smallest absolute Gasteiger partial charge is 0.339 e. The molecule has 0 spiro atoms. The van der Waals surface area contributed by atoms with Crippen LogP contribution in [0.25, 0.3) is 0 Å². The maximum Gasteiger partial charge on any atom is 0.339 e. The first kappa shape index (κ1) is 19.8. The summed E-state index contributed by atoms with van der Waals surface area (Å²) in [6, 6.07) is 22.3. The van der Waals surface area contributed by atoms with Gasteiger partial charge in [0.2, 0.25) is 0 Å². The molecular weight excluding hydrogens is 469 g/mol. The molecule has 1 amide bonds. The van der Waals surface area contributed by atoms with E-state index in [1.54, 1.807) is 54.6 Å². The normalized spacial score (nSPS) is 10.2. The van der Waals surface area contributed by atoms with Crippen LogP contribution in [-0.2, 0) is 9.53 Å². The van der Waals surface area contributed by atoms with E-state index in [0.717, 1.165) is 3.57 Å². The summed E-state index contributed by atoms with van der Waals surface area (Å²) in [4.78, 5) is 37.2. The molecule has 28 heavy (non-hydrogen) atoms. The van der Waals surface area contributed by atoms with Crippen LogP contribution in [0.2, 0.25) is 0 Å². The van der Waals surface area contributed by atoms with Crippen molar-refractivity contribution in [3.8, 4) is 0 Å². The fourth-order valence-corrected chi connectivity index (χ4v) is 2.90. The number of nitrogens with one attached hydrogen (secondary N) is 1. The van der Waals surface area contributed by atoms with E-state index < -0.39 is 18.5 Å². The monoisotopic (exact) mass is 485 g/mol. The fourth-order valence-electron chi connectivity index (χ4n) is 2.54. The van der Waals surface area contributed by atoms with Gasteiger partial charge in [-0.25, -0.2) is 4.79 Å². The minimum atomic E-state index is -0.724. The minimum Gasteiger partial charge on any atom is -0.452 e. The number of benzene rings is 3. The SMILES string of the molecule is O=C(COC(=O)c1ccccc1C(=O)c1ccccc1)Nc1ccc(I)cc1. The first-order valence-corrected chi connectivity index (χ1v) is 9.54. The summed E-state index contributed by atoms with van der Waals surface area (Å²) in [6.07, 6.45) is 0. The van der Waals surface area contributed by atoms with Gasteiger partial charge in [0.15, 0.2) is 12.4 Å². The van der Waals surface area contributed by atoms with Crippen molar-refractivity contribution in [2.24, 2.45) is 0 Å². The second kappa shape index (κ2) is 9.27. The molecule has 0 aliphatic heterocycles. The minimum absolute atomic E-state index is 0.124. The van der Waals surface area contributed by atoms with E-state index in [1.165, 1.54) is 6.07 Å². The van der Waals surface area contributed by atoms with E-state index in [0.29, 0.717) is 11.3 Å². The highest BCUT2D eigenvalue weighted by Crippen LogP contribution is 2.16. The number of carbonyl (C=O) groups excluding carboxylic acids is 3. The molecular formula is C22H16INO4. The molecule has 1 N–H and O–H groups in total. The molecule has 3 aromatic rings. The van der Waals surface area contributed by atoms with Crippen LogP contribution >= 0.6 is 22.6 Å². The zero-order valence-corrected chi connectivity index (χ0v) is 16.9. The Morgan fingerprint density at radius 2 is 1.39 bits per heavy atom. The van der Waals surface area contributed by atoms with Gasteiger partial charge < -0.3 is 10.1 Å². The number of rotatable bonds is 6. The van der Waals surface area contributed by atoms with E-state index in [4.69, 9.17) is 4.74 Å². The van der Waals surface area contributed by atoms with Crippen LogP contribution in [0.1, 0.15) is 26.3 Å². The van der Waals surface area contributed by atoms with Crippen molar-refractivity contribution >= 4 is 45.9 Å². The third-order valence-corrected chi connectivity index (χ3v) is 4.61. The van der Waals surface area contributed by atoms with Crippen LogP contribution in [-0.4, -0.2) is 24.3 Å². The lowest BCUT2D eigenvalue weighted by atomic mass is 9.98. The van der Waals surface area contributed by atoms with Crippen molar-refractivity contribution in [3.63, 3.8) is 0 Å². The van der Waals surface area contributed by atoms with Gasteiger partial charge in [0.25, 0.3) is 5.91 Å². The largest absolute Gasteiger partial charge is 0.452 e. The Hall–Kier alpha value is -3.00. The van der Waals surface area contributed by atoms with E-state index >= 15 is 0 Å². The first-order valence-electron chi connectivity index (χ1n) is 8.46. The Morgan fingerprint density at radius 1 is 0.786 bits per heavy atom. The third-order valence-electron chi connectivity index (χ3n) is 3.89. The van der Waals surface area contributed by atoms with Crippen molar-refractivity contribution < 1.29 is 19.1 Å². The fraction of sp³-hybridized carbons (Fsp3) is 0.0455. The molecule has 0 fully saturated rings. The van der Waals surface area contributed by atoms with Gasteiger partial charge in [0.1, 0.15) is 0 Å². The predicted molar refractivity (Wildman–Crippen MR) is 114 cm³/mol. The van der Waals surface area contributed by atoms with Crippen molar-refractivity contribution in [1.29, 1.82) is 0 Å². The summed E-state index contributed by atoms with van der Waals surface area (Å²) in [5.74, 6) is -1.46. The summed E-state index contributed by atoms with van der Waals surface area (Å²) in [5.41, 5.74) is 1.44. The number of hydrogen-bond donors (Lipinski definition) is 1. The van der Waals surface area contributed by atoms with Crippen LogP contribution in [0.5, 0.6) is 0 Å². The zero-order chi connectivity index (χ0) is 19.9. The molecule has 0 radical (unpaired) electrons. The highest BCUT2D eigenvalue weighted by Gasteiger charge is 2.19. The molecule has 6 heteroatoms. The molecule has 0 aliphatic rings. The van der Waals surface area contributed by atoms with E-state index in [2.05, 4.69) is 27.9 Å². The van der Waals surface area contributed by atoms with Crippen LogP contribution in [0.4, 0.5) is 5.69 Å². The lowest BCUT2D eigenvalue weighted by Crippen LogP contribution is -2.22. The molecule has 0 heterocycles. The second-order valence-corrected chi connectivity index (χ2v) is 7.12. The van der Waals surface area contributed by atoms with Crippen molar-refractivity contribution in [2.45, 2.75) is 0 Å². The van der Waals surface area contributed by atoms with Crippen LogP contribution in [0.15, 0.2) is 78.9 Å². The highest BCUT2D eigenvalue weighted by atomic mass is 127. The van der Waals surface area contributed by atoms with Crippen molar-refractivity contribution in [1.82, 2.24) is 0 Å². The zero-order valence-electron chi connectivity index (χ0n) is 14.7. The number of ketones is 1. The predicted octanol–water partition coefficient (Wildman–Crippen LogP) is 4.32. The molecule has 140 valence electrons. The van der Waals surface area contributed by atoms with E-state index in [-0.39, 0.29) is 16.9 Å². The van der Waals surface area contributed by atoms with Crippen LogP contribution in [0.3, 0.4) is 0 Å². The Balaban J connectivity index is 1.67. The average molecular weight is 485 g/mol. The summed E-state index contributed by atoms with van der Waals surface area (Å²) in [5, 5.41) is 2.65. The summed E-state index contributed by atoms with van der Waals surface area (Å²) in [7, 11) is 0. The van der Waals surface area contributed by atoms with Gasteiger partial charge in [-0.15, -0.1) is 0 Å². The maximum atomic E-state index is 12.7. The maximum absolute atomic E-state index is 12.7. The van der Waals surface area contributed by atoms with Gasteiger partial charge in [0.05, 0.1) is 5.56 Å². The number of hydrogen-bond acceptors (Lipinski definition) is 4. The number of esters is 1. The topological polar surface area (TPSA) is 72.5 Å². The molecule has 0 unspecified atom stereocenters. The van der Waals surface area contributed by atoms with Crippen molar-refractivity contribution in [3.05, 3.63) is 99.1 Å². The lowest BCUT2D eigenvalue weighted by Gasteiger charge is -2.10. The summed E-state index contributed by atoms with van der Waals surface area (Å²) in [6.45, 7) is -0.446. The van der Waals surface area contributed by atoms with Crippen molar-refractivity contribution in [2.75, 3.05) is 11.9 Å². The Morgan fingerprint density at radius 3 is 2.07 bits per heavy atom. The van der Waals surface area contributed by atoms with E-state index in [1.807, 2.05) is 18.2 Å². The Kier molecular flexibility index (Phi) is 6.54. The first-order chi connectivity index (χ1) is 13.5. The number of amides is 1. The highest BCUT2D eigenvalue weighted by molar-refractivity contribution is 14.1. The summed E-state index contributed by atoms with van der Waals surface area (Å²) >= 11 is 2.16. The van der Waals surface area contributed by atoms with Crippen LogP contribution in [0, 0.1) is 3.57 Å². The molecule has 0 bridgehead atoms. The molecule has 0 aromatic heterocycles. The van der Waals surface area contributed by atoms with Gasteiger partial charge >= 0.3 is 5.97 Å². The van der Waals surface area contributed by atoms with Crippen LogP contribution < -0.4 is 5.32 Å². The third kappa shape index (κ3) is 5.04. The van der Waals surface area contributed by atoms with E-state index in [9.17, 15) is 14.4 Å². The average Bonchev–Trinajstić information content (AvgIpc) is 2.74. The van der Waals surface area contributed by atoms with Gasteiger partial charge in [-0.1, -0.05) is 48.5 Å². The second-order valence-electron chi connectivity index (χ2n) is 5.87. The molecule has 3 rings (SSSR count). The van der Waals surface area contributed by atoms with Gasteiger partial charge in [0, 0.05) is 20.4 Å². The molecule has 5 nitrogen and oxygen atoms in total. The van der Waals surface area contributed by atoms with Gasteiger partial charge in [-0.05, 0) is 52.9 Å². The Bertz CT molecular complexity index is 1000. The lowest BCUT2D eigenvalue weighted by molar-refractivity contribution is -0.119. The molecule has 0 atom stereocenters. The number of halogens is 1. The van der Waals surface area contributed by atoms with Gasteiger partial charge in [-0.3, -0.25) is 9.59 Å². The molecule has 0 aliphatic carbocycles. The molecule has 0 saturated heterocycles. The standard InChI is InChI=1S/C22H16INO4/c23-16-10-12-17(13-11-16)24-20(25)14-28-22(27)19-9-5-4-8-18(19)21(26)15-6-2-1-3-7-15/h1-13H,14H2,(H,24,25).